The number of hydrogen-bond acceptors (Lipinski definition) is 3. The second kappa shape index (κ2) is 5.23. The molecule has 0 saturated carbocycles. The molecule has 0 radical (unpaired) electrons. The zero-order valence-corrected chi connectivity index (χ0v) is 10.8. The normalized spacial score (nSPS) is 22.6. The van der Waals surface area contributed by atoms with Gasteiger partial charge in [-0.3, -0.25) is 4.68 Å². The summed E-state index contributed by atoms with van der Waals surface area (Å²) in [5, 5.41) is 15.0. The number of hydrogen-bond donors (Lipinski definition) is 1. The number of aromatic nitrogens is 2. The lowest BCUT2D eigenvalue weighted by molar-refractivity contribution is 0.168. The molecule has 4 heteroatoms. The van der Waals surface area contributed by atoms with Crippen molar-refractivity contribution in [2.45, 2.75) is 44.0 Å². The van der Waals surface area contributed by atoms with Crippen LogP contribution < -0.4 is 0 Å². The number of thioether (sulfide) groups is 1. The minimum atomic E-state index is -0.215. The summed E-state index contributed by atoms with van der Waals surface area (Å²) >= 11 is 1.91. The molecule has 1 aliphatic heterocycles. The van der Waals surface area contributed by atoms with Gasteiger partial charge in [0.15, 0.2) is 0 Å². The van der Waals surface area contributed by atoms with E-state index >= 15 is 0 Å². The maximum absolute atomic E-state index is 10.1. The third-order valence-electron chi connectivity index (χ3n) is 3.20. The zero-order valence-electron chi connectivity index (χ0n) is 10.0. The fraction of sp³-hybridized carbons (Fsp3) is 0.750. The topological polar surface area (TPSA) is 38.0 Å². The van der Waals surface area contributed by atoms with Crippen LogP contribution in [0, 0.1) is 0 Å². The standard InChI is InChI=1S/C12H20N2OS/c1-3-9-7-10(14(2)13-9)8-11(15)12-5-4-6-16-12/h7,11-12,15H,3-6,8H2,1-2H3. The quantitative estimate of drug-likeness (QED) is 0.872. The lowest BCUT2D eigenvalue weighted by atomic mass is 10.1. The van der Waals surface area contributed by atoms with Gasteiger partial charge in [-0.2, -0.15) is 16.9 Å². The Balaban J connectivity index is 1.99. The molecule has 1 N–H and O–H groups in total. The fourth-order valence-electron chi connectivity index (χ4n) is 2.19. The first-order valence-corrected chi connectivity index (χ1v) is 7.07. The molecule has 16 heavy (non-hydrogen) atoms. The van der Waals surface area contributed by atoms with Crippen molar-refractivity contribution in [2.75, 3.05) is 5.75 Å². The number of nitrogens with zero attached hydrogens (tertiary/aromatic N) is 2. The first-order valence-electron chi connectivity index (χ1n) is 6.02. The van der Waals surface area contributed by atoms with Crippen LogP contribution in [-0.2, 0) is 19.9 Å². The maximum atomic E-state index is 10.1. The van der Waals surface area contributed by atoms with Gasteiger partial charge in [0, 0.05) is 24.4 Å². The van der Waals surface area contributed by atoms with Crippen molar-refractivity contribution >= 4 is 11.8 Å². The van der Waals surface area contributed by atoms with Gasteiger partial charge >= 0.3 is 0 Å². The van der Waals surface area contributed by atoms with Crippen LogP contribution in [0.3, 0.4) is 0 Å². The van der Waals surface area contributed by atoms with E-state index in [2.05, 4.69) is 18.1 Å². The van der Waals surface area contributed by atoms with E-state index in [0.29, 0.717) is 5.25 Å². The predicted octanol–water partition coefficient (Wildman–Crippen LogP) is 1.78. The molecule has 0 amide bonds. The Kier molecular flexibility index (Phi) is 3.92. The molecule has 1 fully saturated rings. The molecule has 2 rings (SSSR count). The predicted molar refractivity (Wildman–Crippen MR) is 67.8 cm³/mol. The highest BCUT2D eigenvalue weighted by molar-refractivity contribution is 8.00. The van der Waals surface area contributed by atoms with Crippen molar-refractivity contribution in [3.8, 4) is 0 Å². The van der Waals surface area contributed by atoms with Gasteiger partial charge in [-0.15, -0.1) is 0 Å². The van der Waals surface area contributed by atoms with Crippen molar-refractivity contribution in [1.82, 2.24) is 9.78 Å². The highest BCUT2D eigenvalue weighted by Crippen LogP contribution is 2.30. The van der Waals surface area contributed by atoms with E-state index in [0.717, 1.165) is 30.7 Å². The summed E-state index contributed by atoms with van der Waals surface area (Å²) in [6.45, 7) is 2.11. The second-order valence-electron chi connectivity index (χ2n) is 4.43. The van der Waals surface area contributed by atoms with Crippen LogP contribution >= 0.6 is 11.8 Å². The Bertz CT molecular complexity index is 345. The zero-order chi connectivity index (χ0) is 11.5. The van der Waals surface area contributed by atoms with Crippen LogP contribution in [0.25, 0.3) is 0 Å². The number of aliphatic hydroxyl groups is 1. The molecule has 1 aliphatic rings. The van der Waals surface area contributed by atoms with E-state index in [1.807, 2.05) is 23.5 Å². The van der Waals surface area contributed by atoms with Crippen molar-refractivity contribution in [1.29, 1.82) is 0 Å². The monoisotopic (exact) mass is 240 g/mol. The molecule has 3 nitrogen and oxygen atoms in total. The van der Waals surface area contributed by atoms with Gasteiger partial charge in [0.05, 0.1) is 11.8 Å². The van der Waals surface area contributed by atoms with Gasteiger partial charge in [0.2, 0.25) is 0 Å². The van der Waals surface area contributed by atoms with Gasteiger partial charge in [0.1, 0.15) is 0 Å². The number of aliphatic hydroxyl groups excluding tert-OH is 1. The Morgan fingerprint density at radius 2 is 2.50 bits per heavy atom. The Labute approximate surface area is 101 Å². The van der Waals surface area contributed by atoms with E-state index in [4.69, 9.17) is 0 Å². The lowest BCUT2D eigenvalue weighted by Crippen LogP contribution is -2.24. The first-order chi connectivity index (χ1) is 7.70. The van der Waals surface area contributed by atoms with Crippen LogP contribution in [0.4, 0.5) is 0 Å². The molecule has 0 spiro atoms. The average molecular weight is 240 g/mol. The van der Waals surface area contributed by atoms with E-state index in [1.165, 1.54) is 12.2 Å². The minimum absolute atomic E-state index is 0.215. The number of rotatable bonds is 4. The van der Waals surface area contributed by atoms with Crippen molar-refractivity contribution < 1.29 is 5.11 Å². The molecular formula is C12H20N2OS. The van der Waals surface area contributed by atoms with Gasteiger partial charge < -0.3 is 5.11 Å². The maximum Gasteiger partial charge on any atom is 0.0713 e. The van der Waals surface area contributed by atoms with Gasteiger partial charge in [0.25, 0.3) is 0 Å². The van der Waals surface area contributed by atoms with Crippen LogP contribution in [-0.4, -0.2) is 32.0 Å². The van der Waals surface area contributed by atoms with Crippen molar-refractivity contribution in [3.63, 3.8) is 0 Å². The van der Waals surface area contributed by atoms with Gasteiger partial charge in [-0.25, -0.2) is 0 Å². The SMILES string of the molecule is CCc1cc(CC(O)C2CCCS2)n(C)n1. The highest BCUT2D eigenvalue weighted by Gasteiger charge is 2.24. The summed E-state index contributed by atoms with van der Waals surface area (Å²) in [4.78, 5) is 0. The molecule has 2 atom stereocenters. The molecule has 0 aliphatic carbocycles. The largest absolute Gasteiger partial charge is 0.392 e. The summed E-state index contributed by atoms with van der Waals surface area (Å²) < 4.78 is 1.90. The van der Waals surface area contributed by atoms with E-state index in [1.54, 1.807) is 0 Å². The summed E-state index contributed by atoms with van der Waals surface area (Å²) in [5.74, 6) is 1.20. The molecule has 1 aromatic rings. The van der Waals surface area contributed by atoms with Gasteiger partial charge in [-0.05, 0) is 31.1 Å². The third kappa shape index (κ3) is 2.61. The smallest absolute Gasteiger partial charge is 0.0713 e. The summed E-state index contributed by atoms with van der Waals surface area (Å²) in [6.07, 6.45) is 3.89. The molecule has 0 bridgehead atoms. The van der Waals surface area contributed by atoms with Crippen LogP contribution in [0.1, 0.15) is 31.2 Å². The van der Waals surface area contributed by atoms with Crippen LogP contribution in [0.2, 0.25) is 0 Å². The van der Waals surface area contributed by atoms with E-state index in [-0.39, 0.29) is 6.10 Å². The average Bonchev–Trinajstić information content (AvgIpc) is 2.88. The van der Waals surface area contributed by atoms with Crippen molar-refractivity contribution in [2.24, 2.45) is 7.05 Å². The molecular weight excluding hydrogens is 220 g/mol. The molecule has 1 saturated heterocycles. The lowest BCUT2D eigenvalue weighted by Gasteiger charge is -2.16. The van der Waals surface area contributed by atoms with E-state index in [9.17, 15) is 5.11 Å². The second-order valence-corrected chi connectivity index (χ2v) is 5.77. The molecule has 1 aromatic heterocycles. The Hall–Kier alpha value is -0.480. The first kappa shape index (κ1) is 12.0. The van der Waals surface area contributed by atoms with E-state index < -0.39 is 0 Å². The molecule has 2 unspecified atom stereocenters. The summed E-state index contributed by atoms with van der Waals surface area (Å²) in [6, 6.07) is 2.11. The minimum Gasteiger partial charge on any atom is -0.392 e. The Morgan fingerprint density at radius 3 is 3.06 bits per heavy atom. The number of aryl methyl sites for hydroxylation is 2. The summed E-state index contributed by atoms with van der Waals surface area (Å²) in [5.41, 5.74) is 2.26. The van der Waals surface area contributed by atoms with Crippen LogP contribution in [0.15, 0.2) is 6.07 Å². The van der Waals surface area contributed by atoms with Gasteiger partial charge in [-0.1, -0.05) is 6.92 Å². The molecule has 2 heterocycles. The van der Waals surface area contributed by atoms with Crippen molar-refractivity contribution in [3.05, 3.63) is 17.5 Å². The van der Waals surface area contributed by atoms with Crippen LogP contribution in [0.5, 0.6) is 0 Å². The third-order valence-corrected chi connectivity index (χ3v) is 4.70. The molecule has 0 aromatic carbocycles. The highest BCUT2D eigenvalue weighted by atomic mass is 32.2. The fourth-order valence-corrected chi connectivity index (χ4v) is 3.47. The molecule has 90 valence electrons. The Morgan fingerprint density at radius 1 is 1.69 bits per heavy atom. The summed E-state index contributed by atoms with van der Waals surface area (Å²) in [7, 11) is 1.96.